The summed E-state index contributed by atoms with van der Waals surface area (Å²) < 4.78 is 81.4. The summed E-state index contributed by atoms with van der Waals surface area (Å²) in [6, 6.07) is 11.8. The van der Waals surface area contributed by atoms with E-state index in [1.54, 1.807) is 36.4 Å². The predicted molar refractivity (Wildman–Crippen MR) is 180 cm³/mol. The number of rotatable bonds is 11. The van der Waals surface area contributed by atoms with Gasteiger partial charge < -0.3 is 25.8 Å². The number of halogens is 6. The Kier molecular flexibility index (Phi) is 10.5. The number of carbonyl (C=O) groups excluding carboxylic acids is 2. The van der Waals surface area contributed by atoms with Gasteiger partial charge in [0.2, 0.25) is 22.8 Å². The van der Waals surface area contributed by atoms with E-state index in [0.29, 0.717) is 76.9 Å². The van der Waals surface area contributed by atoms with Crippen LogP contribution in [0.1, 0.15) is 55.2 Å². The molecule has 266 valence electrons. The molecule has 0 bridgehead atoms. The zero-order chi connectivity index (χ0) is 35.5. The fraction of sp³-hybridized carbons (Fsp3) is 0.417. The fourth-order valence-corrected chi connectivity index (χ4v) is 6.66. The summed E-state index contributed by atoms with van der Waals surface area (Å²) in [6.07, 6.45) is -4.82. The molecule has 2 aliphatic heterocycles. The highest BCUT2D eigenvalue weighted by Crippen LogP contribution is 2.37. The van der Waals surface area contributed by atoms with Crippen molar-refractivity contribution < 1.29 is 40.9 Å². The summed E-state index contributed by atoms with van der Waals surface area (Å²) in [4.78, 5) is 33.3. The highest BCUT2D eigenvalue weighted by atomic mass is 19.4. The second-order valence-corrected chi connectivity index (χ2v) is 13.0. The molecule has 0 saturated carbocycles. The zero-order valence-corrected chi connectivity index (χ0v) is 27.4. The monoisotopic (exact) mass is 701 g/mol. The van der Waals surface area contributed by atoms with Gasteiger partial charge in [0.25, 0.3) is 0 Å². The van der Waals surface area contributed by atoms with Gasteiger partial charge in [0.05, 0.1) is 27.6 Å². The maximum atomic E-state index is 13.6. The Balaban J connectivity index is 1.30. The van der Waals surface area contributed by atoms with Crippen molar-refractivity contribution in [1.29, 1.82) is 0 Å². The number of aromatic amines is 1. The fourth-order valence-electron chi connectivity index (χ4n) is 6.66. The zero-order valence-electron chi connectivity index (χ0n) is 27.4. The molecule has 3 aromatic carbocycles. The molecule has 4 N–H and O–H groups in total. The molecule has 14 heteroatoms. The van der Waals surface area contributed by atoms with Crippen LogP contribution in [0, 0.1) is 0 Å². The van der Waals surface area contributed by atoms with E-state index in [0.717, 1.165) is 51.9 Å². The Morgan fingerprint density at radius 2 is 1.08 bits per heavy atom. The van der Waals surface area contributed by atoms with Crippen molar-refractivity contribution in [2.45, 2.75) is 57.4 Å². The molecular formula is C36H39F6N6O2+. The Hall–Kier alpha value is -4.43. The first-order valence-electron chi connectivity index (χ1n) is 16.8. The molecule has 0 unspecified atom stereocenters. The van der Waals surface area contributed by atoms with Crippen LogP contribution >= 0.6 is 0 Å². The predicted octanol–water partition coefficient (Wildman–Crippen LogP) is 7.31. The average molecular weight is 702 g/mol. The third-order valence-electron chi connectivity index (χ3n) is 9.24. The molecule has 50 heavy (non-hydrogen) atoms. The van der Waals surface area contributed by atoms with Gasteiger partial charge in [-0.15, -0.1) is 0 Å². The molecule has 6 rings (SSSR count). The number of nitrogens with zero attached hydrogens (tertiary/aromatic N) is 2. The van der Waals surface area contributed by atoms with Crippen molar-refractivity contribution >= 4 is 50.7 Å². The van der Waals surface area contributed by atoms with Crippen LogP contribution in [-0.4, -0.2) is 60.9 Å². The van der Waals surface area contributed by atoms with Crippen LogP contribution in [0.25, 0.3) is 21.8 Å². The molecule has 3 heterocycles. The minimum Gasteiger partial charge on any atom is -0.380 e. The van der Waals surface area contributed by atoms with Gasteiger partial charge in [0, 0.05) is 56.0 Å². The van der Waals surface area contributed by atoms with E-state index in [2.05, 4.69) is 30.7 Å². The number of fused-ring (bicyclic) bond motifs is 2. The van der Waals surface area contributed by atoms with Crippen LogP contribution < -0.4 is 20.9 Å². The van der Waals surface area contributed by atoms with Gasteiger partial charge in [-0.3, -0.25) is 9.59 Å². The molecule has 8 nitrogen and oxygen atoms in total. The second kappa shape index (κ2) is 14.8. The molecule has 2 aliphatic rings. The van der Waals surface area contributed by atoms with Crippen molar-refractivity contribution in [3.05, 3.63) is 71.3 Å². The van der Waals surface area contributed by atoms with Gasteiger partial charge >= 0.3 is 12.4 Å². The number of aromatic nitrogens is 1. The van der Waals surface area contributed by atoms with E-state index in [1.165, 1.54) is 0 Å². The summed E-state index contributed by atoms with van der Waals surface area (Å²) in [6.45, 7) is 4.86. The number of hydrogen-bond donors (Lipinski definition) is 3. The Labute approximate surface area is 285 Å². The van der Waals surface area contributed by atoms with Crippen LogP contribution in [-0.2, 0) is 28.5 Å². The topological polar surface area (TPSA) is 90.8 Å². The van der Waals surface area contributed by atoms with E-state index in [4.69, 9.17) is 0 Å². The molecule has 2 saturated heterocycles. The number of alkyl halides is 6. The van der Waals surface area contributed by atoms with Crippen molar-refractivity contribution in [2.75, 3.05) is 55.2 Å². The van der Waals surface area contributed by atoms with Gasteiger partial charge in [-0.1, -0.05) is 0 Å². The van der Waals surface area contributed by atoms with Gasteiger partial charge in [0.15, 0.2) is 0 Å². The molecule has 0 radical (unpaired) electrons. The lowest BCUT2D eigenvalue weighted by molar-refractivity contribution is -0.310. The number of benzene rings is 3. The van der Waals surface area contributed by atoms with Crippen LogP contribution in [0.4, 0.5) is 43.4 Å². The number of H-pyrrole nitrogens is 1. The molecule has 0 atom stereocenters. The van der Waals surface area contributed by atoms with E-state index in [-0.39, 0.29) is 30.0 Å². The van der Waals surface area contributed by atoms with Gasteiger partial charge in [-0.05, 0) is 99.9 Å². The van der Waals surface area contributed by atoms with Crippen molar-refractivity contribution in [2.24, 2.45) is 0 Å². The van der Waals surface area contributed by atoms with E-state index < -0.39 is 23.5 Å². The molecular weight excluding hydrogens is 662 g/mol. The summed E-state index contributed by atoms with van der Waals surface area (Å²) >= 11 is 0. The van der Waals surface area contributed by atoms with Gasteiger partial charge in [-0.2, -0.15) is 26.3 Å². The van der Waals surface area contributed by atoms with Crippen LogP contribution in [0.15, 0.2) is 54.6 Å². The quantitative estimate of drug-likeness (QED) is 0.113. The number of pyridine rings is 1. The highest BCUT2D eigenvalue weighted by Gasteiger charge is 2.37. The number of anilines is 3. The molecule has 4 aromatic rings. The first-order chi connectivity index (χ1) is 23.8. The van der Waals surface area contributed by atoms with Crippen LogP contribution in [0.5, 0.6) is 0 Å². The SMILES string of the molecule is O=C(CCN1CCCC1)Nc1ccc2c(NCc3cc(C(F)(F)F)cc(C(F)(F)F)c3)c3ccc(NC(=O)CCN4CCCC4)cc3[nH+]c2c1. The van der Waals surface area contributed by atoms with E-state index in [1.807, 2.05) is 0 Å². The maximum Gasteiger partial charge on any atom is 0.416 e. The lowest BCUT2D eigenvalue weighted by Crippen LogP contribution is -2.25. The summed E-state index contributed by atoms with van der Waals surface area (Å²) in [5, 5.41) is 10.1. The van der Waals surface area contributed by atoms with Gasteiger partial charge in [0.1, 0.15) is 0 Å². The Morgan fingerprint density at radius 1 is 0.640 bits per heavy atom. The third-order valence-corrected chi connectivity index (χ3v) is 9.24. The number of nitrogens with one attached hydrogen (secondary N) is 4. The summed E-state index contributed by atoms with van der Waals surface area (Å²) in [5.41, 5.74) is -0.395. The normalized spacial score (nSPS) is 16.0. The molecule has 2 amide bonds. The number of amides is 2. The molecule has 0 spiro atoms. The minimum atomic E-state index is -4.97. The Morgan fingerprint density at radius 3 is 1.50 bits per heavy atom. The van der Waals surface area contributed by atoms with Crippen LogP contribution in [0.2, 0.25) is 0 Å². The summed E-state index contributed by atoms with van der Waals surface area (Å²) in [7, 11) is 0. The number of likely N-dealkylation sites (tertiary alicyclic amines) is 2. The second-order valence-electron chi connectivity index (χ2n) is 13.0. The van der Waals surface area contributed by atoms with Crippen molar-refractivity contribution in [3.63, 3.8) is 0 Å². The van der Waals surface area contributed by atoms with Gasteiger partial charge in [-0.25, -0.2) is 4.98 Å². The van der Waals surface area contributed by atoms with E-state index >= 15 is 0 Å². The smallest absolute Gasteiger partial charge is 0.380 e. The minimum absolute atomic E-state index is 0.105. The first-order valence-corrected chi connectivity index (χ1v) is 16.8. The maximum absolute atomic E-state index is 13.6. The lowest BCUT2D eigenvalue weighted by atomic mass is 10.0. The van der Waals surface area contributed by atoms with Crippen molar-refractivity contribution in [3.8, 4) is 0 Å². The summed E-state index contributed by atoms with van der Waals surface area (Å²) in [5.74, 6) is -0.307. The molecule has 0 aliphatic carbocycles. The molecule has 1 aromatic heterocycles. The lowest BCUT2D eigenvalue weighted by Gasteiger charge is -2.16. The number of carbonyl (C=O) groups is 2. The largest absolute Gasteiger partial charge is 0.416 e. The van der Waals surface area contributed by atoms with E-state index in [9.17, 15) is 35.9 Å². The standard InChI is InChI=1S/C36H38F6N6O2/c37-35(38,39)24-17-23(18-25(19-24)36(40,41)42)22-43-34-28-7-5-26(44-32(49)9-15-47-11-1-2-12-47)20-30(28)46-31-21-27(6-8-29(31)34)45-33(50)10-16-48-13-3-4-14-48/h5-8,17-21H,1-4,9-16,22H2,(H,43,46)(H,44,49)(H,45,50)/p+1. The average Bonchev–Trinajstić information content (AvgIpc) is 3.79. The first kappa shape index (κ1) is 35.4. The third kappa shape index (κ3) is 8.83. The van der Waals surface area contributed by atoms with Crippen molar-refractivity contribution in [1.82, 2.24) is 9.80 Å². The number of hydrogen-bond acceptors (Lipinski definition) is 5. The Bertz CT molecular complexity index is 1740. The molecule has 2 fully saturated rings. The van der Waals surface area contributed by atoms with Crippen LogP contribution in [0.3, 0.4) is 0 Å². The highest BCUT2D eigenvalue weighted by molar-refractivity contribution is 6.07.